The van der Waals surface area contributed by atoms with Crippen molar-refractivity contribution in [1.82, 2.24) is 15.1 Å². The molecular formula is C23H19Cl2N3. The lowest BCUT2D eigenvalue weighted by Gasteiger charge is -2.11. The number of hydrogen-bond donors (Lipinski definition) is 1. The molecule has 1 N–H and O–H groups in total. The molecule has 0 saturated carbocycles. The van der Waals surface area contributed by atoms with E-state index in [9.17, 15) is 0 Å². The molecule has 0 radical (unpaired) electrons. The summed E-state index contributed by atoms with van der Waals surface area (Å²) in [4.78, 5) is 0. The van der Waals surface area contributed by atoms with E-state index in [0.717, 1.165) is 40.8 Å². The van der Waals surface area contributed by atoms with Crippen LogP contribution in [0.5, 0.6) is 0 Å². The van der Waals surface area contributed by atoms with Gasteiger partial charge in [-0.05, 0) is 36.2 Å². The van der Waals surface area contributed by atoms with Gasteiger partial charge in [0.2, 0.25) is 0 Å². The molecule has 0 unspecified atom stereocenters. The molecule has 140 valence electrons. The van der Waals surface area contributed by atoms with Gasteiger partial charge >= 0.3 is 0 Å². The minimum atomic E-state index is 0.506. The Morgan fingerprint density at radius 2 is 1.79 bits per heavy atom. The molecule has 0 saturated heterocycles. The van der Waals surface area contributed by atoms with Gasteiger partial charge in [0.05, 0.1) is 27.4 Å². The number of rotatable bonds is 6. The fourth-order valence-corrected chi connectivity index (χ4v) is 3.53. The molecule has 4 aromatic rings. The van der Waals surface area contributed by atoms with E-state index in [2.05, 4.69) is 47.3 Å². The molecule has 0 atom stereocenters. The number of hydrogen-bond acceptors (Lipinski definition) is 2. The van der Waals surface area contributed by atoms with E-state index >= 15 is 0 Å². The fraction of sp³-hybridized carbons (Fsp3) is 0.0870. The van der Waals surface area contributed by atoms with Gasteiger partial charge in [-0.2, -0.15) is 5.10 Å². The van der Waals surface area contributed by atoms with Gasteiger partial charge in [0, 0.05) is 23.2 Å². The number of nitrogens with zero attached hydrogens (tertiary/aromatic N) is 2. The van der Waals surface area contributed by atoms with Gasteiger partial charge in [-0.25, -0.2) is 4.68 Å². The third-order valence-corrected chi connectivity index (χ3v) is 5.42. The van der Waals surface area contributed by atoms with Crippen LogP contribution in [0.3, 0.4) is 0 Å². The van der Waals surface area contributed by atoms with Crippen LogP contribution in [0.25, 0.3) is 22.3 Å². The zero-order valence-electron chi connectivity index (χ0n) is 15.2. The van der Waals surface area contributed by atoms with Crippen LogP contribution in [-0.2, 0) is 6.42 Å². The van der Waals surface area contributed by atoms with Crippen LogP contribution in [0.4, 0.5) is 0 Å². The summed E-state index contributed by atoms with van der Waals surface area (Å²) in [6, 6.07) is 22.0. The molecule has 0 amide bonds. The second-order valence-electron chi connectivity index (χ2n) is 6.53. The monoisotopic (exact) mass is 407 g/mol. The summed E-state index contributed by atoms with van der Waals surface area (Å²) in [6.07, 6.45) is 2.80. The fourth-order valence-electron chi connectivity index (χ4n) is 3.23. The van der Waals surface area contributed by atoms with Crippen LogP contribution in [0.2, 0.25) is 10.0 Å². The molecule has 0 fully saturated rings. The second kappa shape index (κ2) is 8.09. The molecule has 1 aromatic heterocycles. The first-order valence-electron chi connectivity index (χ1n) is 9.03. The molecule has 1 heterocycles. The lowest BCUT2D eigenvalue weighted by Crippen LogP contribution is -2.15. The Labute approximate surface area is 174 Å². The molecule has 3 aromatic carbocycles. The Kier molecular flexibility index (Phi) is 5.38. The van der Waals surface area contributed by atoms with Crippen molar-refractivity contribution in [3.05, 3.63) is 101 Å². The molecule has 28 heavy (non-hydrogen) atoms. The van der Waals surface area contributed by atoms with Crippen molar-refractivity contribution in [2.45, 2.75) is 6.42 Å². The Balaban J connectivity index is 1.57. The molecule has 0 aliphatic heterocycles. The summed E-state index contributed by atoms with van der Waals surface area (Å²) >= 11 is 12.2. The maximum atomic E-state index is 6.17. The van der Waals surface area contributed by atoms with E-state index in [1.54, 1.807) is 6.07 Å². The predicted molar refractivity (Wildman–Crippen MR) is 118 cm³/mol. The van der Waals surface area contributed by atoms with Crippen molar-refractivity contribution in [2.24, 2.45) is 0 Å². The highest BCUT2D eigenvalue weighted by atomic mass is 35.5. The average molecular weight is 408 g/mol. The summed E-state index contributed by atoms with van der Waals surface area (Å²) in [5.41, 5.74) is 5.08. The Hall–Kier alpha value is -2.75. The topological polar surface area (TPSA) is 29.9 Å². The molecular weight excluding hydrogens is 389 g/mol. The highest BCUT2D eigenvalue weighted by Crippen LogP contribution is 2.28. The van der Waals surface area contributed by atoms with Crippen molar-refractivity contribution in [3.8, 4) is 5.69 Å². The van der Waals surface area contributed by atoms with Gasteiger partial charge in [0.15, 0.2) is 0 Å². The summed E-state index contributed by atoms with van der Waals surface area (Å²) in [5, 5.41) is 10.1. The van der Waals surface area contributed by atoms with Crippen LogP contribution in [0.15, 0.2) is 79.5 Å². The van der Waals surface area contributed by atoms with Crippen LogP contribution >= 0.6 is 23.2 Å². The summed E-state index contributed by atoms with van der Waals surface area (Å²) in [5.74, 6) is 0. The first-order valence-corrected chi connectivity index (χ1v) is 9.78. The number of nitrogens with one attached hydrogen (secondary N) is 1. The minimum absolute atomic E-state index is 0.506. The van der Waals surface area contributed by atoms with E-state index in [-0.39, 0.29) is 0 Å². The average Bonchev–Trinajstić information content (AvgIpc) is 3.15. The maximum absolute atomic E-state index is 6.17. The molecule has 5 heteroatoms. The number of fused-ring (bicyclic) bond motifs is 1. The van der Waals surface area contributed by atoms with Gasteiger partial charge in [-0.3, -0.25) is 0 Å². The number of aromatic nitrogens is 2. The Bertz CT molecular complexity index is 1130. The van der Waals surface area contributed by atoms with E-state index in [1.807, 2.05) is 41.2 Å². The highest BCUT2D eigenvalue weighted by molar-refractivity contribution is 6.42. The van der Waals surface area contributed by atoms with E-state index in [4.69, 9.17) is 23.2 Å². The largest absolute Gasteiger partial charge is 0.385 e. The van der Waals surface area contributed by atoms with Crippen LogP contribution in [0, 0.1) is 0 Å². The van der Waals surface area contributed by atoms with Crippen molar-refractivity contribution in [1.29, 1.82) is 0 Å². The molecule has 0 aliphatic carbocycles. The van der Waals surface area contributed by atoms with Gasteiger partial charge < -0.3 is 5.32 Å². The molecule has 4 rings (SSSR count). The third-order valence-electron chi connectivity index (χ3n) is 4.68. The van der Waals surface area contributed by atoms with Gasteiger partial charge in [-0.1, -0.05) is 72.2 Å². The zero-order chi connectivity index (χ0) is 19.5. The van der Waals surface area contributed by atoms with Crippen molar-refractivity contribution in [3.63, 3.8) is 0 Å². The quantitative estimate of drug-likeness (QED) is 0.416. The third kappa shape index (κ3) is 3.77. The number of halogens is 2. The standard InChI is InChI=1S/C23H19Cl2N3/c1-16(26-13-12-17-6-3-2-4-7-17)19-8-5-9-23-20(19)15-27-28(23)18-10-11-21(24)22(25)14-18/h2-11,14-15,26H,1,12-13H2. The molecule has 0 spiro atoms. The predicted octanol–water partition coefficient (Wildman–Crippen LogP) is 6.14. The first-order chi connectivity index (χ1) is 13.6. The van der Waals surface area contributed by atoms with E-state index in [1.165, 1.54) is 5.56 Å². The molecule has 0 aliphatic rings. The van der Waals surface area contributed by atoms with E-state index < -0.39 is 0 Å². The van der Waals surface area contributed by atoms with E-state index in [0.29, 0.717) is 10.0 Å². The normalized spacial score (nSPS) is 10.9. The SMILES string of the molecule is C=C(NCCc1ccccc1)c1cccc2c1cnn2-c1ccc(Cl)c(Cl)c1. The molecule has 3 nitrogen and oxygen atoms in total. The van der Waals surface area contributed by atoms with Crippen molar-refractivity contribution in [2.75, 3.05) is 6.54 Å². The zero-order valence-corrected chi connectivity index (χ0v) is 16.7. The van der Waals surface area contributed by atoms with Crippen molar-refractivity contribution < 1.29 is 0 Å². The van der Waals surface area contributed by atoms with Gasteiger partial charge in [-0.15, -0.1) is 0 Å². The first kappa shape index (κ1) is 18.6. The lowest BCUT2D eigenvalue weighted by molar-refractivity contribution is 0.850. The lowest BCUT2D eigenvalue weighted by atomic mass is 10.1. The number of benzene rings is 3. The Morgan fingerprint density at radius 1 is 0.964 bits per heavy atom. The van der Waals surface area contributed by atoms with Crippen LogP contribution in [0.1, 0.15) is 11.1 Å². The van der Waals surface area contributed by atoms with Gasteiger partial charge in [0.25, 0.3) is 0 Å². The van der Waals surface area contributed by atoms with Gasteiger partial charge in [0.1, 0.15) is 0 Å². The second-order valence-corrected chi connectivity index (χ2v) is 7.35. The van der Waals surface area contributed by atoms with Crippen molar-refractivity contribution >= 4 is 39.8 Å². The highest BCUT2D eigenvalue weighted by Gasteiger charge is 2.11. The molecule has 0 bridgehead atoms. The van der Waals surface area contributed by atoms with Crippen LogP contribution in [-0.4, -0.2) is 16.3 Å². The minimum Gasteiger partial charge on any atom is -0.385 e. The van der Waals surface area contributed by atoms with Crippen LogP contribution < -0.4 is 5.32 Å². The maximum Gasteiger partial charge on any atom is 0.0747 e. The summed E-state index contributed by atoms with van der Waals surface area (Å²) in [6.45, 7) is 5.05. The Morgan fingerprint density at radius 3 is 2.57 bits per heavy atom. The summed E-state index contributed by atoms with van der Waals surface area (Å²) < 4.78 is 1.86. The summed E-state index contributed by atoms with van der Waals surface area (Å²) in [7, 11) is 0. The smallest absolute Gasteiger partial charge is 0.0747 e.